The Kier molecular flexibility index (Phi) is 3.32. The zero-order valence-corrected chi connectivity index (χ0v) is 12.6. The third kappa shape index (κ3) is 2.41. The Balaban J connectivity index is 1.36. The van der Waals surface area contributed by atoms with E-state index in [2.05, 4.69) is 64.9 Å². The number of hydrogen-bond donors (Lipinski definition) is 1. The lowest BCUT2D eigenvalue weighted by Crippen LogP contribution is -2.25. The minimum absolute atomic E-state index is 0.657. The molecular weight excluding hydrogens is 258 g/mol. The molecule has 110 valence electrons. The first-order chi connectivity index (χ1) is 10.3. The van der Waals surface area contributed by atoms with Crippen LogP contribution in [0.2, 0.25) is 0 Å². The summed E-state index contributed by atoms with van der Waals surface area (Å²) in [7, 11) is 2.12. The number of fused-ring (bicyclic) bond motifs is 2. The van der Waals surface area contributed by atoms with Crippen molar-refractivity contribution in [2.45, 2.75) is 19.5 Å². The van der Waals surface area contributed by atoms with E-state index >= 15 is 0 Å². The van der Waals surface area contributed by atoms with Gasteiger partial charge >= 0.3 is 0 Å². The predicted molar refractivity (Wildman–Crippen MR) is 85.1 cm³/mol. The van der Waals surface area contributed by atoms with Crippen LogP contribution in [0.4, 0.5) is 0 Å². The highest BCUT2D eigenvalue weighted by Gasteiger charge is 2.32. The lowest BCUT2D eigenvalue weighted by Gasteiger charge is -2.26. The number of nitrogens with one attached hydrogen (secondary N) is 1. The lowest BCUT2D eigenvalue weighted by atomic mass is 9.84. The summed E-state index contributed by atoms with van der Waals surface area (Å²) >= 11 is 0. The fraction of sp³-hybridized carbons (Fsp3) is 0.444. The summed E-state index contributed by atoms with van der Waals surface area (Å²) in [6.07, 6.45) is 8.14. The lowest BCUT2D eigenvalue weighted by molar-refractivity contribution is 0.255. The van der Waals surface area contributed by atoms with E-state index in [4.69, 9.17) is 0 Å². The molecule has 1 fully saturated rings. The van der Waals surface area contributed by atoms with E-state index in [1.54, 1.807) is 0 Å². The van der Waals surface area contributed by atoms with Gasteiger partial charge < -0.3 is 5.01 Å². The minimum Gasteiger partial charge on any atom is -0.315 e. The van der Waals surface area contributed by atoms with Crippen molar-refractivity contribution in [1.29, 1.82) is 0 Å². The number of hydrogen-bond acceptors (Lipinski definition) is 3. The third-order valence-electron chi connectivity index (χ3n) is 5.14. The Hall–Kier alpha value is -1.58. The third-order valence-corrected chi connectivity index (χ3v) is 5.14. The van der Waals surface area contributed by atoms with Crippen LogP contribution in [0, 0.1) is 11.8 Å². The summed E-state index contributed by atoms with van der Waals surface area (Å²) in [6, 6.07) is 8.85. The van der Waals surface area contributed by atoms with E-state index in [1.807, 2.05) is 0 Å². The fourth-order valence-corrected chi connectivity index (χ4v) is 3.91. The quantitative estimate of drug-likeness (QED) is 0.918. The number of rotatable bonds is 3. The van der Waals surface area contributed by atoms with E-state index in [-0.39, 0.29) is 0 Å². The van der Waals surface area contributed by atoms with E-state index in [9.17, 15) is 0 Å². The molecule has 3 heteroatoms. The highest BCUT2D eigenvalue weighted by molar-refractivity contribution is 5.30. The zero-order valence-electron chi connectivity index (χ0n) is 12.6. The average Bonchev–Trinajstić information content (AvgIpc) is 3.09. The van der Waals surface area contributed by atoms with Gasteiger partial charge in [-0.3, -0.25) is 4.90 Å². The molecule has 0 radical (unpaired) electrons. The molecule has 1 aromatic rings. The first-order valence-electron chi connectivity index (χ1n) is 7.96. The maximum Gasteiger partial charge on any atom is 0.0340 e. The van der Waals surface area contributed by atoms with Crippen LogP contribution < -0.4 is 5.43 Å². The summed E-state index contributed by atoms with van der Waals surface area (Å²) in [5.41, 5.74) is 7.92. The van der Waals surface area contributed by atoms with Crippen LogP contribution in [0.3, 0.4) is 0 Å². The molecule has 0 spiro atoms. The van der Waals surface area contributed by atoms with Gasteiger partial charge in [0.15, 0.2) is 0 Å². The SMILES string of the molecule is CN1NCC2C1=CC=CC2CCN1Cc2ccccc2C1. The number of nitrogens with zero attached hydrogens (tertiary/aromatic N) is 2. The van der Waals surface area contributed by atoms with Crippen molar-refractivity contribution in [3.63, 3.8) is 0 Å². The molecule has 1 N–H and O–H groups in total. The average molecular weight is 281 g/mol. The van der Waals surface area contributed by atoms with Crippen molar-refractivity contribution >= 4 is 0 Å². The van der Waals surface area contributed by atoms with Crippen molar-refractivity contribution < 1.29 is 0 Å². The molecule has 3 aliphatic rings. The summed E-state index contributed by atoms with van der Waals surface area (Å²) < 4.78 is 0. The second kappa shape index (κ2) is 5.32. The molecule has 0 amide bonds. The summed E-state index contributed by atoms with van der Waals surface area (Å²) in [6.45, 7) is 4.52. The van der Waals surface area contributed by atoms with E-state index in [0.717, 1.165) is 19.6 Å². The van der Waals surface area contributed by atoms with Gasteiger partial charge in [0.1, 0.15) is 0 Å². The molecule has 0 aromatic heterocycles. The molecule has 0 bridgehead atoms. The van der Waals surface area contributed by atoms with Crippen LogP contribution in [0.25, 0.3) is 0 Å². The molecule has 2 atom stereocenters. The topological polar surface area (TPSA) is 18.5 Å². The molecular formula is C18H23N3. The molecule has 21 heavy (non-hydrogen) atoms. The first-order valence-corrected chi connectivity index (χ1v) is 7.96. The van der Waals surface area contributed by atoms with Crippen LogP contribution in [0.15, 0.2) is 48.2 Å². The van der Waals surface area contributed by atoms with Gasteiger partial charge in [-0.15, -0.1) is 0 Å². The van der Waals surface area contributed by atoms with Gasteiger partial charge in [0.2, 0.25) is 0 Å². The summed E-state index contributed by atoms with van der Waals surface area (Å²) in [5, 5.41) is 2.19. The second-order valence-corrected chi connectivity index (χ2v) is 6.44. The Morgan fingerprint density at radius 2 is 1.95 bits per heavy atom. The maximum absolute atomic E-state index is 3.45. The molecule has 2 unspecified atom stereocenters. The van der Waals surface area contributed by atoms with Crippen molar-refractivity contribution in [3.05, 3.63) is 59.3 Å². The van der Waals surface area contributed by atoms with Gasteiger partial charge in [0.05, 0.1) is 0 Å². The molecule has 4 rings (SSSR count). The maximum atomic E-state index is 3.45. The Morgan fingerprint density at radius 3 is 2.71 bits per heavy atom. The van der Waals surface area contributed by atoms with Crippen molar-refractivity contribution in [2.75, 3.05) is 20.1 Å². The van der Waals surface area contributed by atoms with Crippen LogP contribution in [-0.2, 0) is 13.1 Å². The standard InChI is InChI=1S/C18H23N3/c1-20-18-8-4-7-14(17(18)11-19-20)9-10-21-12-15-5-2-3-6-16(15)13-21/h2-8,14,17,19H,9-13H2,1H3. The van der Waals surface area contributed by atoms with Crippen LogP contribution in [0.1, 0.15) is 17.5 Å². The van der Waals surface area contributed by atoms with Crippen LogP contribution >= 0.6 is 0 Å². The molecule has 2 aliphatic heterocycles. The first kappa shape index (κ1) is 13.1. The molecule has 1 aromatic carbocycles. The van der Waals surface area contributed by atoms with Gasteiger partial charge in [-0.1, -0.05) is 36.4 Å². The van der Waals surface area contributed by atoms with E-state index in [0.29, 0.717) is 11.8 Å². The van der Waals surface area contributed by atoms with Gasteiger partial charge in [-0.05, 0) is 36.1 Å². The van der Waals surface area contributed by atoms with Gasteiger partial charge in [-0.2, -0.15) is 0 Å². The van der Waals surface area contributed by atoms with E-state index < -0.39 is 0 Å². The number of hydrazine groups is 1. The molecule has 1 saturated heterocycles. The van der Waals surface area contributed by atoms with Gasteiger partial charge in [-0.25, -0.2) is 5.43 Å². The molecule has 1 aliphatic carbocycles. The van der Waals surface area contributed by atoms with Crippen LogP contribution in [0.5, 0.6) is 0 Å². The summed E-state index contributed by atoms with van der Waals surface area (Å²) in [5.74, 6) is 1.33. The molecule has 3 nitrogen and oxygen atoms in total. The van der Waals surface area contributed by atoms with Crippen molar-refractivity contribution in [2.24, 2.45) is 11.8 Å². The largest absolute Gasteiger partial charge is 0.315 e. The Labute approximate surface area is 126 Å². The fourth-order valence-electron chi connectivity index (χ4n) is 3.91. The predicted octanol–water partition coefficient (Wildman–Crippen LogP) is 2.53. The highest BCUT2D eigenvalue weighted by Crippen LogP contribution is 2.33. The molecule has 2 heterocycles. The monoisotopic (exact) mass is 281 g/mol. The second-order valence-electron chi connectivity index (χ2n) is 6.44. The van der Waals surface area contributed by atoms with Crippen molar-refractivity contribution in [3.8, 4) is 0 Å². The summed E-state index contributed by atoms with van der Waals surface area (Å²) in [4.78, 5) is 2.59. The molecule has 0 saturated carbocycles. The Morgan fingerprint density at radius 1 is 1.19 bits per heavy atom. The van der Waals surface area contributed by atoms with Gasteiger partial charge in [0.25, 0.3) is 0 Å². The van der Waals surface area contributed by atoms with Crippen molar-refractivity contribution in [1.82, 2.24) is 15.3 Å². The normalized spacial score (nSPS) is 27.7. The zero-order chi connectivity index (χ0) is 14.2. The minimum atomic E-state index is 0.657. The highest BCUT2D eigenvalue weighted by atomic mass is 15.5. The van der Waals surface area contributed by atoms with Gasteiger partial charge in [0, 0.05) is 38.3 Å². The van der Waals surface area contributed by atoms with Crippen LogP contribution in [-0.4, -0.2) is 30.0 Å². The smallest absolute Gasteiger partial charge is 0.0340 e. The number of benzene rings is 1. The van der Waals surface area contributed by atoms with E-state index in [1.165, 1.54) is 29.8 Å². The Bertz CT molecular complexity index is 565. The number of allylic oxidation sites excluding steroid dienone is 3.